The lowest BCUT2D eigenvalue weighted by molar-refractivity contribution is -0.117. The van der Waals surface area contributed by atoms with Crippen molar-refractivity contribution in [1.29, 1.82) is 0 Å². The molecule has 5 nitrogen and oxygen atoms in total. The predicted molar refractivity (Wildman–Crippen MR) is 85.5 cm³/mol. The lowest BCUT2D eigenvalue weighted by Gasteiger charge is -2.15. The Morgan fingerprint density at radius 3 is 2.57 bits per heavy atom. The first-order valence-corrected chi connectivity index (χ1v) is 6.93. The summed E-state index contributed by atoms with van der Waals surface area (Å²) in [5.41, 5.74) is 13.1. The van der Waals surface area contributed by atoms with Gasteiger partial charge in [0.05, 0.1) is 0 Å². The number of hydrogen-bond donors (Lipinski definition) is 3. The van der Waals surface area contributed by atoms with Gasteiger partial charge in [0.15, 0.2) is 0 Å². The molecule has 0 saturated heterocycles. The SMILES string of the molecule is Cc1cc(NC(=O)C[C@@H]2CCC[C@H]2N)ccc1C(N)=O.Cl. The summed E-state index contributed by atoms with van der Waals surface area (Å²) >= 11 is 0. The Morgan fingerprint density at radius 2 is 2.05 bits per heavy atom. The normalized spacial score (nSPS) is 20.7. The number of amides is 2. The topological polar surface area (TPSA) is 98.2 Å². The van der Waals surface area contributed by atoms with Gasteiger partial charge in [-0.3, -0.25) is 9.59 Å². The van der Waals surface area contributed by atoms with Gasteiger partial charge in [-0.1, -0.05) is 6.42 Å². The van der Waals surface area contributed by atoms with E-state index in [2.05, 4.69) is 5.32 Å². The molecule has 0 unspecified atom stereocenters. The van der Waals surface area contributed by atoms with Crippen molar-refractivity contribution in [3.63, 3.8) is 0 Å². The fourth-order valence-electron chi connectivity index (χ4n) is 2.79. The van der Waals surface area contributed by atoms with E-state index in [1.807, 2.05) is 0 Å². The van der Waals surface area contributed by atoms with Crippen LogP contribution < -0.4 is 16.8 Å². The average molecular weight is 312 g/mol. The number of aryl methyl sites for hydroxylation is 1. The van der Waals surface area contributed by atoms with Crippen molar-refractivity contribution in [2.75, 3.05) is 5.32 Å². The van der Waals surface area contributed by atoms with Crippen molar-refractivity contribution in [3.8, 4) is 0 Å². The standard InChI is InChI=1S/C15H21N3O2.ClH/c1-9-7-11(5-6-12(9)15(17)20)18-14(19)8-10-3-2-4-13(10)16;/h5-7,10,13H,2-4,8,16H2,1H3,(H2,17,20)(H,18,19);1H/t10-,13+;/m0./s1. The Morgan fingerprint density at radius 1 is 1.33 bits per heavy atom. The second-order valence-corrected chi connectivity index (χ2v) is 5.50. The predicted octanol–water partition coefficient (Wildman–Crippen LogP) is 1.97. The fraction of sp³-hybridized carbons (Fsp3) is 0.467. The molecular formula is C15H22ClN3O2. The minimum absolute atomic E-state index is 0. The Bertz CT molecular complexity index is 534. The molecular weight excluding hydrogens is 290 g/mol. The molecule has 1 aliphatic rings. The summed E-state index contributed by atoms with van der Waals surface area (Å²) in [4.78, 5) is 23.1. The molecule has 1 saturated carbocycles. The number of carbonyl (C=O) groups excluding carboxylic acids is 2. The highest BCUT2D eigenvalue weighted by atomic mass is 35.5. The molecule has 1 fully saturated rings. The summed E-state index contributed by atoms with van der Waals surface area (Å²) in [7, 11) is 0. The molecule has 0 spiro atoms. The van der Waals surface area contributed by atoms with E-state index in [1.54, 1.807) is 25.1 Å². The molecule has 2 atom stereocenters. The third-order valence-electron chi connectivity index (χ3n) is 3.94. The van der Waals surface area contributed by atoms with Gasteiger partial charge in [0, 0.05) is 23.7 Å². The second-order valence-electron chi connectivity index (χ2n) is 5.50. The van der Waals surface area contributed by atoms with Gasteiger partial charge in [-0.05, 0) is 49.4 Å². The molecule has 1 aromatic rings. The van der Waals surface area contributed by atoms with Gasteiger partial charge in [0.25, 0.3) is 0 Å². The van der Waals surface area contributed by atoms with E-state index < -0.39 is 5.91 Å². The summed E-state index contributed by atoms with van der Waals surface area (Å²) in [5, 5.41) is 2.85. The maximum atomic E-state index is 12.0. The highest BCUT2D eigenvalue weighted by Crippen LogP contribution is 2.27. The van der Waals surface area contributed by atoms with Crippen molar-refractivity contribution in [3.05, 3.63) is 29.3 Å². The largest absolute Gasteiger partial charge is 0.366 e. The van der Waals surface area contributed by atoms with Crippen molar-refractivity contribution in [2.24, 2.45) is 17.4 Å². The van der Waals surface area contributed by atoms with E-state index in [0.29, 0.717) is 17.7 Å². The number of primary amides is 1. The molecule has 5 N–H and O–H groups in total. The Hall–Kier alpha value is -1.59. The van der Waals surface area contributed by atoms with E-state index in [1.165, 1.54) is 0 Å². The van der Waals surface area contributed by atoms with Gasteiger partial charge in [0.1, 0.15) is 0 Å². The lowest BCUT2D eigenvalue weighted by Crippen LogP contribution is -2.28. The molecule has 0 heterocycles. The summed E-state index contributed by atoms with van der Waals surface area (Å²) in [6, 6.07) is 5.22. The van der Waals surface area contributed by atoms with Gasteiger partial charge in [-0.2, -0.15) is 0 Å². The van der Waals surface area contributed by atoms with Crippen LogP contribution in [0.2, 0.25) is 0 Å². The monoisotopic (exact) mass is 311 g/mol. The number of rotatable bonds is 4. The van der Waals surface area contributed by atoms with Crippen LogP contribution in [0.15, 0.2) is 18.2 Å². The van der Waals surface area contributed by atoms with Gasteiger partial charge in [-0.15, -0.1) is 12.4 Å². The quantitative estimate of drug-likeness (QED) is 0.792. The summed E-state index contributed by atoms with van der Waals surface area (Å²) in [6.45, 7) is 1.79. The fourth-order valence-corrected chi connectivity index (χ4v) is 2.79. The van der Waals surface area contributed by atoms with Crippen LogP contribution in [0.1, 0.15) is 41.6 Å². The van der Waals surface area contributed by atoms with Gasteiger partial charge >= 0.3 is 0 Å². The smallest absolute Gasteiger partial charge is 0.248 e. The van der Waals surface area contributed by atoms with Gasteiger partial charge in [-0.25, -0.2) is 0 Å². The number of halogens is 1. The van der Waals surface area contributed by atoms with Crippen LogP contribution in [0.4, 0.5) is 5.69 Å². The molecule has 116 valence electrons. The van der Waals surface area contributed by atoms with E-state index in [-0.39, 0.29) is 30.3 Å². The minimum Gasteiger partial charge on any atom is -0.366 e. The van der Waals surface area contributed by atoms with Crippen molar-refractivity contribution < 1.29 is 9.59 Å². The zero-order valence-corrected chi connectivity index (χ0v) is 12.9. The molecule has 2 rings (SSSR count). The molecule has 0 aromatic heterocycles. The van der Waals surface area contributed by atoms with Gasteiger partial charge < -0.3 is 16.8 Å². The van der Waals surface area contributed by atoms with Crippen LogP contribution in [0.3, 0.4) is 0 Å². The third-order valence-corrected chi connectivity index (χ3v) is 3.94. The van der Waals surface area contributed by atoms with Crippen LogP contribution in [0, 0.1) is 12.8 Å². The second kappa shape index (κ2) is 7.43. The molecule has 1 aliphatic carbocycles. The van der Waals surface area contributed by atoms with Crippen LogP contribution in [0.25, 0.3) is 0 Å². The number of benzene rings is 1. The Kier molecular flexibility index (Phi) is 6.18. The zero-order chi connectivity index (χ0) is 14.7. The van der Waals surface area contributed by atoms with Crippen molar-refractivity contribution in [2.45, 2.75) is 38.6 Å². The molecule has 2 amide bonds. The van der Waals surface area contributed by atoms with E-state index >= 15 is 0 Å². The lowest BCUT2D eigenvalue weighted by atomic mass is 10.00. The number of hydrogen-bond acceptors (Lipinski definition) is 3. The average Bonchev–Trinajstić information content (AvgIpc) is 2.74. The summed E-state index contributed by atoms with van der Waals surface area (Å²) in [5.74, 6) is -0.211. The van der Waals surface area contributed by atoms with Crippen molar-refractivity contribution >= 4 is 29.9 Å². The molecule has 0 radical (unpaired) electrons. The summed E-state index contributed by atoms with van der Waals surface area (Å²) < 4.78 is 0. The van der Waals surface area contributed by atoms with E-state index in [9.17, 15) is 9.59 Å². The first-order valence-electron chi connectivity index (χ1n) is 6.93. The minimum atomic E-state index is -0.461. The molecule has 0 aliphatic heterocycles. The maximum Gasteiger partial charge on any atom is 0.248 e. The Labute approximate surface area is 130 Å². The highest BCUT2D eigenvalue weighted by molar-refractivity contribution is 5.96. The van der Waals surface area contributed by atoms with Crippen LogP contribution >= 0.6 is 12.4 Å². The Balaban J connectivity index is 0.00000220. The first-order chi connectivity index (χ1) is 9.47. The molecule has 6 heteroatoms. The molecule has 1 aromatic carbocycles. The summed E-state index contributed by atoms with van der Waals surface area (Å²) in [6.07, 6.45) is 3.59. The van der Waals surface area contributed by atoms with Crippen LogP contribution in [-0.4, -0.2) is 17.9 Å². The van der Waals surface area contributed by atoms with Crippen LogP contribution in [-0.2, 0) is 4.79 Å². The van der Waals surface area contributed by atoms with Crippen molar-refractivity contribution in [1.82, 2.24) is 0 Å². The number of carbonyl (C=O) groups is 2. The van der Waals surface area contributed by atoms with Crippen LogP contribution in [0.5, 0.6) is 0 Å². The maximum absolute atomic E-state index is 12.0. The number of nitrogens with two attached hydrogens (primary N) is 2. The first kappa shape index (κ1) is 17.5. The third kappa shape index (κ3) is 4.44. The number of nitrogens with one attached hydrogen (secondary N) is 1. The van der Waals surface area contributed by atoms with E-state index in [0.717, 1.165) is 24.8 Å². The van der Waals surface area contributed by atoms with Gasteiger partial charge in [0.2, 0.25) is 11.8 Å². The van der Waals surface area contributed by atoms with E-state index in [4.69, 9.17) is 11.5 Å². The number of anilines is 1. The highest BCUT2D eigenvalue weighted by Gasteiger charge is 2.26. The zero-order valence-electron chi connectivity index (χ0n) is 12.1. The molecule has 21 heavy (non-hydrogen) atoms. The molecule has 0 bridgehead atoms.